The van der Waals surface area contributed by atoms with E-state index in [1.165, 1.54) is 6.07 Å². The van der Waals surface area contributed by atoms with E-state index in [2.05, 4.69) is 11.8 Å². The monoisotopic (exact) mass is 273 g/mol. The summed E-state index contributed by atoms with van der Waals surface area (Å²) in [4.78, 5) is 2.23. The van der Waals surface area contributed by atoms with Gasteiger partial charge in [-0.1, -0.05) is 13.0 Å². The predicted octanol–water partition coefficient (Wildman–Crippen LogP) is 3.21. The van der Waals surface area contributed by atoms with Gasteiger partial charge in [-0.15, -0.1) is 11.6 Å². The lowest BCUT2D eigenvalue weighted by atomic mass is 10.1. The van der Waals surface area contributed by atoms with Crippen molar-refractivity contribution in [2.24, 2.45) is 0 Å². The van der Waals surface area contributed by atoms with Crippen LogP contribution in [0.3, 0.4) is 0 Å². The number of aryl methyl sites for hydroxylation is 1. The molecule has 0 saturated heterocycles. The maximum absolute atomic E-state index is 13.2. The zero-order valence-electron chi connectivity index (χ0n) is 11.1. The summed E-state index contributed by atoms with van der Waals surface area (Å²) >= 11 is 5.54. The fourth-order valence-electron chi connectivity index (χ4n) is 1.75. The maximum Gasteiger partial charge on any atom is 0.123 e. The molecule has 0 aliphatic rings. The topological polar surface area (TPSA) is 12.5 Å². The Morgan fingerprint density at radius 3 is 2.78 bits per heavy atom. The first-order chi connectivity index (χ1) is 8.67. The molecule has 1 aromatic rings. The van der Waals surface area contributed by atoms with Gasteiger partial charge in [-0.25, -0.2) is 4.39 Å². The summed E-state index contributed by atoms with van der Waals surface area (Å²) in [6.45, 7) is 7.85. The Morgan fingerprint density at radius 1 is 1.33 bits per heavy atom. The molecule has 0 radical (unpaired) electrons. The number of likely N-dealkylation sites (N-methyl/N-ethyl adjacent to an activating group) is 1. The van der Waals surface area contributed by atoms with Crippen LogP contribution >= 0.6 is 11.6 Å². The lowest BCUT2D eigenvalue weighted by Gasteiger charge is -2.21. The van der Waals surface area contributed by atoms with Crippen molar-refractivity contribution in [1.82, 2.24) is 4.90 Å². The van der Waals surface area contributed by atoms with Crippen molar-refractivity contribution in [1.29, 1.82) is 0 Å². The summed E-state index contributed by atoms with van der Waals surface area (Å²) in [5.74, 6) is 0.347. The van der Waals surface area contributed by atoms with Crippen LogP contribution in [0.5, 0.6) is 0 Å². The molecule has 0 spiro atoms. The van der Waals surface area contributed by atoms with Gasteiger partial charge in [0.25, 0.3) is 0 Å². The zero-order chi connectivity index (χ0) is 13.4. The van der Waals surface area contributed by atoms with E-state index in [9.17, 15) is 4.39 Å². The third-order valence-corrected chi connectivity index (χ3v) is 3.08. The molecule has 1 aromatic carbocycles. The Kier molecular flexibility index (Phi) is 7.25. The van der Waals surface area contributed by atoms with Crippen molar-refractivity contribution >= 4 is 11.6 Å². The van der Waals surface area contributed by atoms with E-state index in [0.29, 0.717) is 19.1 Å². The fourth-order valence-corrected chi connectivity index (χ4v) is 1.86. The fraction of sp³-hybridized carbons (Fsp3) is 0.571. The van der Waals surface area contributed by atoms with E-state index in [-0.39, 0.29) is 5.82 Å². The van der Waals surface area contributed by atoms with E-state index in [1.54, 1.807) is 6.07 Å². The lowest BCUT2D eigenvalue weighted by molar-refractivity contribution is 0.114. The molecule has 102 valence electrons. The normalized spacial score (nSPS) is 11.2. The number of hydrogen-bond acceptors (Lipinski definition) is 2. The summed E-state index contributed by atoms with van der Waals surface area (Å²) in [6.07, 6.45) is 0. The molecule has 0 amide bonds. The number of benzene rings is 1. The van der Waals surface area contributed by atoms with Crippen LogP contribution in [0.2, 0.25) is 0 Å². The van der Waals surface area contributed by atoms with E-state index in [4.69, 9.17) is 16.3 Å². The number of ether oxygens (including phenoxy) is 1. The van der Waals surface area contributed by atoms with Gasteiger partial charge in [0.05, 0.1) is 13.2 Å². The van der Waals surface area contributed by atoms with Gasteiger partial charge in [-0.2, -0.15) is 0 Å². The third kappa shape index (κ3) is 5.34. The highest BCUT2D eigenvalue weighted by atomic mass is 35.5. The first-order valence-electron chi connectivity index (χ1n) is 6.28. The van der Waals surface area contributed by atoms with Crippen LogP contribution < -0.4 is 0 Å². The molecule has 0 saturated carbocycles. The predicted molar refractivity (Wildman–Crippen MR) is 73.6 cm³/mol. The Hall–Kier alpha value is -0.640. The standard InChI is InChI=1S/C14H21ClFNO/c1-3-17(7-9-18-8-6-15)11-13-10-14(16)5-4-12(13)2/h4-5,10H,3,6-9,11H2,1-2H3. The minimum atomic E-state index is -0.176. The van der Waals surface area contributed by atoms with Gasteiger partial charge in [-0.3, -0.25) is 4.90 Å². The van der Waals surface area contributed by atoms with Crippen molar-refractivity contribution in [3.8, 4) is 0 Å². The minimum absolute atomic E-state index is 0.176. The van der Waals surface area contributed by atoms with E-state index < -0.39 is 0 Å². The molecule has 0 aromatic heterocycles. The van der Waals surface area contributed by atoms with Crippen LogP contribution in [-0.2, 0) is 11.3 Å². The summed E-state index contributed by atoms with van der Waals surface area (Å²) in [6, 6.07) is 4.93. The van der Waals surface area contributed by atoms with Crippen molar-refractivity contribution in [3.63, 3.8) is 0 Å². The van der Waals surface area contributed by atoms with Crippen LogP contribution in [0.4, 0.5) is 4.39 Å². The highest BCUT2D eigenvalue weighted by Crippen LogP contribution is 2.12. The van der Waals surface area contributed by atoms with Gasteiger partial charge in [0.1, 0.15) is 5.82 Å². The Morgan fingerprint density at radius 2 is 2.11 bits per heavy atom. The smallest absolute Gasteiger partial charge is 0.123 e. The molecule has 2 nitrogen and oxygen atoms in total. The maximum atomic E-state index is 13.2. The Labute approximate surface area is 114 Å². The number of hydrogen-bond donors (Lipinski definition) is 0. The first-order valence-corrected chi connectivity index (χ1v) is 6.82. The molecular weight excluding hydrogens is 253 g/mol. The second-order valence-electron chi connectivity index (χ2n) is 4.24. The van der Waals surface area contributed by atoms with Gasteiger partial charge >= 0.3 is 0 Å². The van der Waals surface area contributed by atoms with E-state index in [1.807, 2.05) is 13.0 Å². The van der Waals surface area contributed by atoms with Crippen molar-refractivity contribution in [3.05, 3.63) is 35.1 Å². The van der Waals surface area contributed by atoms with Gasteiger partial charge < -0.3 is 4.74 Å². The molecule has 0 unspecified atom stereocenters. The molecule has 18 heavy (non-hydrogen) atoms. The second kappa shape index (κ2) is 8.46. The molecule has 0 fully saturated rings. The molecule has 0 heterocycles. The van der Waals surface area contributed by atoms with Gasteiger partial charge in [0.15, 0.2) is 0 Å². The molecule has 0 aliphatic heterocycles. The summed E-state index contributed by atoms with van der Waals surface area (Å²) in [5.41, 5.74) is 2.16. The van der Waals surface area contributed by atoms with Crippen LogP contribution in [-0.4, -0.2) is 37.1 Å². The molecule has 0 N–H and O–H groups in total. The highest BCUT2D eigenvalue weighted by molar-refractivity contribution is 6.17. The van der Waals surface area contributed by atoms with Crippen LogP contribution in [0.1, 0.15) is 18.1 Å². The van der Waals surface area contributed by atoms with E-state index >= 15 is 0 Å². The van der Waals surface area contributed by atoms with Gasteiger partial charge in [0, 0.05) is 19.0 Å². The van der Waals surface area contributed by atoms with Crippen LogP contribution in [0.15, 0.2) is 18.2 Å². The molecule has 0 atom stereocenters. The molecule has 0 aliphatic carbocycles. The second-order valence-corrected chi connectivity index (χ2v) is 4.62. The SMILES string of the molecule is CCN(CCOCCCl)Cc1cc(F)ccc1C. The summed E-state index contributed by atoms with van der Waals surface area (Å²) in [7, 11) is 0. The minimum Gasteiger partial charge on any atom is -0.379 e. The van der Waals surface area contributed by atoms with Crippen molar-refractivity contribution < 1.29 is 9.13 Å². The Bertz CT molecular complexity index is 360. The third-order valence-electron chi connectivity index (χ3n) is 2.93. The van der Waals surface area contributed by atoms with Gasteiger partial charge in [0.2, 0.25) is 0 Å². The molecular formula is C14H21ClFNO. The van der Waals surface area contributed by atoms with Crippen molar-refractivity contribution in [2.75, 3.05) is 32.2 Å². The van der Waals surface area contributed by atoms with Gasteiger partial charge in [-0.05, 0) is 36.7 Å². The average Bonchev–Trinajstić information content (AvgIpc) is 2.37. The first kappa shape index (κ1) is 15.4. The molecule has 1 rings (SSSR count). The van der Waals surface area contributed by atoms with Crippen LogP contribution in [0, 0.1) is 12.7 Å². The summed E-state index contributed by atoms with van der Waals surface area (Å²) in [5, 5.41) is 0. The average molecular weight is 274 g/mol. The molecule has 4 heteroatoms. The zero-order valence-corrected chi connectivity index (χ0v) is 11.8. The molecule has 0 bridgehead atoms. The number of rotatable bonds is 8. The number of nitrogens with zero attached hydrogens (tertiary/aromatic N) is 1. The van der Waals surface area contributed by atoms with Crippen molar-refractivity contribution in [2.45, 2.75) is 20.4 Å². The number of halogens is 2. The lowest BCUT2D eigenvalue weighted by Crippen LogP contribution is -2.27. The van der Waals surface area contributed by atoms with Crippen LogP contribution in [0.25, 0.3) is 0 Å². The Balaban J connectivity index is 2.48. The quantitative estimate of drug-likeness (QED) is 0.533. The van der Waals surface area contributed by atoms with E-state index in [0.717, 1.165) is 30.8 Å². The summed E-state index contributed by atoms with van der Waals surface area (Å²) < 4.78 is 18.6. The number of alkyl halides is 1. The largest absolute Gasteiger partial charge is 0.379 e. The highest BCUT2D eigenvalue weighted by Gasteiger charge is 2.07.